The number of hydrogen-bond donors (Lipinski definition) is 0. The smallest absolute Gasteiger partial charge is 0.410 e. The first-order valence-corrected chi connectivity index (χ1v) is 6.99. The molecule has 1 fully saturated rings. The number of rotatable bonds is 2. The molecule has 1 saturated heterocycles. The van der Waals surface area contributed by atoms with Gasteiger partial charge in [-0.15, -0.1) is 0 Å². The van der Waals surface area contributed by atoms with Crippen LogP contribution in [0.15, 0.2) is 30.3 Å². The summed E-state index contributed by atoms with van der Waals surface area (Å²) in [7, 11) is 0. The summed E-state index contributed by atoms with van der Waals surface area (Å²) in [5.74, 6) is -0.0985. The summed E-state index contributed by atoms with van der Waals surface area (Å²) >= 11 is 0. The Labute approximate surface area is 119 Å². The van der Waals surface area contributed by atoms with Gasteiger partial charge >= 0.3 is 6.09 Å². The molecule has 0 radical (unpaired) electrons. The standard InChI is InChI=1S/C16H22FNO2/c1-16(2,3)20-15(19)18-10-13(9-17)14(11-18)12-7-5-4-6-8-12/h4-8,13-14H,9-11H2,1-3H3. The van der Waals surface area contributed by atoms with Crippen LogP contribution in [0.2, 0.25) is 0 Å². The lowest BCUT2D eigenvalue weighted by Crippen LogP contribution is -2.35. The van der Waals surface area contributed by atoms with E-state index in [9.17, 15) is 9.18 Å². The van der Waals surface area contributed by atoms with E-state index in [2.05, 4.69) is 0 Å². The maximum Gasteiger partial charge on any atom is 0.410 e. The molecule has 2 unspecified atom stereocenters. The van der Waals surface area contributed by atoms with Crippen molar-refractivity contribution in [3.8, 4) is 0 Å². The Morgan fingerprint density at radius 3 is 2.50 bits per heavy atom. The fourth-order valence-corrected chi connectivity index (χ4v) is 2.58. The maximum absolute atomic E-state index is 13.2. The highest BCUT2D eigenvalue weighted by molar-refractivity contribution is 5.68. The molecule has 0 aliphatic carbocycles. The number of likely N-dealkylation sites (tertiary alicyclic amines) is 1. The van der Waals surface area contributed by atoms with Crippen molar-refractivity contribution in [1.29, 1.82) is 0 Å². The van der Waals surface area contributed by atoms with Crippen molar-refractivity contribution in [3.05, 3.63) is 35.9 Å². The van der Waals surface area contributed by atoms with Gasteiger partial charge in [-0.3, -0.25) is 4.39 Å². The zero-order valence-corrected chi connectivity index (χ0v) is 12.3. The molecule has 1 amide bonds. The fraction of sp³-hybridized carbons (Fsp3) is 0.562. The lowest BCUT2D eigenvalue weighted by Gasteiger charge is -2.24. The van der Waals surface area contributed by atoms with Crippen LogP contribution >= 0.6 is 0 Å². The zero-order valence-electron chi connectivity index (χ0n) is 12.3. The van der Waals surface area contributed by atoms with Crippen LogP contribution in [0.4, 0.5) is 9.18 Å². The summed E-state index contributed by atoms with van der Waals surface area (Å²) in [4.78, 5) is 13.7. The average Bonchev–Trinajstić information content (AvgIpc) is 2.82. The van der Waals surface area contributed by atoms with Crippen molar-refractivity contribution in [3.63, 3.8) is 0 Å². The molecule has 20 heavy (non-hydrogen) atoms. The van der Waals surface area contributed by atoms with Crippen molar-refractivity contribution in [2.75, 3.05) is 19.8 Å². The molecule has 0 aromatic heterocycles. The van der Waals surface area contributed by atoms with Gasteiger partial charge in [0.15, 0.2) is 0 Å². The Morgan fingerprint density at radius 1 is 1.30 bits per heavy atom. The second-order valence-corrected chi connectivity index (χ2v) is 6.32. The molecule has 1 aliphatic heterocycles. The third-order valence-electron chi connectivity index (χ3n) is 3.52. The van der Waals surface area contributed by atoms with Gasteiger partial charge in [0, 0.05) is 24.9 Å². The molecular formula is C16H22FNO2. The van der Waals surface area contributed by atoms with Crippen molar-refractivity contribution < 1.29 is 13.9 Å². The van der Waals surface area contributed by atoms with Crippen LogP contribution in [0, 0.1) is 5.92 Å². The van der Waals surface area contributed by atoms with Gasteiger partial charge < -0.3 is 9.64 Å². The number of nitrogens with zero attached hydrogens (tertiary/aromatic N) is 1. The van der Waals surface area contributed by atoms with E-state index in [0.717, 1.165) is 5.56 Å². The average molecular weight is 279 g/mol. The molecule has 2 rings (SSSR count). The Hall–Kier alpha value is -1.58. The topological polar surface area (TPSA) is 29.5 Å². The number of carbonyl (C=O) groups excluding carboxylic acids is 1. The molecule has 1 heterocycles. The Morgan fingerprint density at radius 2 is 1.95 bits per heavy atom. The summed E-state index contributed by atoms with van der Waals surface area (Å²) in [6, 6.07) is 9.81. The van der Waals surface area contributed by atoms with E-state index in [1.807, 2.05) is 51.1 Å². The molecule has 3 nitrogen and oxygen atoms in total. The van der Waals surface area contributed by atoms with Gasteiger partial charge in [0.25, 0.3) is 0 Å². The molecule has 2 atom stereocenters. The van der Waals surface area contributed by atoms with Gasteiger partial charge in [-0.2, -0.15) is 0 Å². The quantitative estimate of drug-likeness (QED) is 0.827. The van der Waals surface area contributed by atoms with Crippen LogP contribution in [-0.2, 0) is 4.74 Å². The van der Waals surface area contributed by atoms with Gasteiger partial charge in [0.2, 0.25) is 0 Å². The molecule has 0 spiro atoms. The first-order valence-electron chi connectivity index (χ1n) is 6.99. The van der Waals surface area contributed by atoms with Crippen LogP contribution in [0.25, 0.3) is 0 Å². The molecule has 0 saturated carbocycles. The maximum atomic E-state index is 13.2. The summed E-state index contributed by atoms with van der Waals surface area (Å²) in [6.07, 6.45) is -0.352. The summed E-state index contributed by atoms with van der Waals surface area (Å²) < 4.78 is 18.6. The number of carbonyl (C=O) groups is 1. The van der Waals surface area contributed by atoms with Crippen LogP contribution in [0.3, 0.4) is 0 Å². The van der Waals surface area contributed by atoms with Crippen molar-refractivity contribution in [1.82, 2.24) is 4.90 Å². The Bertz CT molecular complexity index is 455. The molecule has 1 aliphatic rings. The van der Waals surface area contributed by atoms with Crippen molar-refractivity contribution in [2.24, 2.45) is 5.92 Å². The van der Waals surface area contributed by atoms with E-state index in [1.54, 1.807) is 4.90 Å². The highest BCUT2D eigenvalue weighted by Crippen LogP contribution is 2.33. The number of amides is 1. The lowest BCUT2D eigenvalue weighted by molar-refractivity contribution is 0.0285. The van der Waals surface area contributed by atoms with Gasteiger partial charge in [0.05, 0.1) is 6.67 Å². The van der Waals surface area contributed by atoms with Gasteiger partial charge in [0.1, 0.15) is 5.60 Å². The minimum atomic E-state index is -0.521. The molecular weight excluding hydrogens is 257 g/mol. The van der Waals surface area contributed by atoms with Crippen LogP contribution in [-0.4, -0.2) is 36.4 Å². The summed E-state index contributed by atoms with van der Waals surface area (Å²) in [5.41, 5.74) is 0.564. The van der Waals surface area contributed by atoms with Crippen LogP contribution in [0.1, 0.15) is 32.3 Å². The fourth-order valence-electron chi connectivity index (χ4n) is 2.58. The predicted molar refractivity (Wildman–Crippen MR) is 76.5 cm³/mol. The third-order valence-corrected chi connectivity index (χ3v) is 3.52. The number of ether oxygens (including phenoxy) is 1. The molecule has 110 valence electrons. The largest absolute Gasteiger partial charge is 0.444 e. The van der Waals surface area contributed by atoms with Crippen LogP contribution < -0.4 is 0 Å². The summed E-state index contributed by atoms with van der Waals surface area (Å²) in [6.45, 7) is 6.03. The molecule has 0 bridgehead atoms. The van der Waals surface area contributed by atoms with E-state index in [0.29, 0.717) is 13.1 Å². The second-order valence-electron chi connectivity index (χ2n) is 6.32. The van der Waals surface area contributed by atoms with Crippen molar-refractivity contribution >= 4 is 6.09 Å². The number of hydrogen-bond acceptors (Lipinski definition) is 2. The highest BCUT2D eigenvalue weighted by Gasteiger charge is 2.37. The molecule has 1 aromatic rings. The first-order chi connectivity index (χ1) is 9.40. The summed E-state index contributed by atoms with van der Waals surface area (Å²) in [5, 5.41) is 0. The number of alkyl halides is 1. The number of benzene rings is 1. The van der Waals surface area contributed by atoms with E-state index >= 15 is 0 Å². The molecule has 1 aromatic carbocycles. The van der Waals surface area contributed by atoms with Crippen LogP contribution in [0.5, 0.6) is 0 Å². The SMILES string of the molecule is CC(C)(C)OC(=O)N1CC(CF)C(c2ccccc2)C1. The highest BCUT2D eigenvalue weighted by atomic mass is 19.1. The Balaban J connectivity index is 2.08. The molecule has 4 heteroatoms. The minimum absolute atomic E-state index is 0.0497. The van der Waals surface area contributed by atoms with Gasteiger partial charge in [-0.25, -0.2) is 4.79 Å². The number of halogens is 1. The lowest BCUT2D eigenvalue weighted by atomic mass is 9.90. The third kappa shape index (κ3) is 3.50. The van der Waals surface area contributed by atoms with E-state index in [1.165, 1.54) is 0 Å². The monoisotopic (exact) mass is 279 g/mol. The van der Waals surface area contributed by atoms with E-state index in [-0.39, 0.29) is 17.9 Å². The normalized spacial score (nSPS) is 22.9. The van der Waals surface area contributed by atoms with Gasteiger partial charge in [-0.05, 0) is 26.3 Å². The van der Waals surface area contributed by atoms with Crippen molar-refractivity contribution in [2.45, 2.75) is 32.3 Å². The molecule has 0 N–H and O–H groups in total. The zero-order chi connectivity index (χ0) is 14.8. The van der Waals surface area contributed by atoms with Gasteiger partial charge in [-0.1, -0.05) is 30.3 Å². The predicted octanol–water partition coefficient (Wildman–Crippen LogP) is 3.61. The van der Waals surface area contributed by atoms with E-state index in [4.69, 9.17) is 4.74 Å². The minimum Gasteiger partial charge on any atom is -0.444 e. The van der Waals surface area contributed by atoms with E-state index < -0.39 is 12.3 Å². The Kier molecular flexibility index (Phi) is 4.31. The first kappa shape index (κ1) is 14.8. The second kappa shape index (κ2) is 5.81.